The smallest absolute Gasteiger partial charge is 0.280 e. The number of halogens is 1. The van der Waals surface area contributed by atoms with Crippen LogP contribution in [0.15, 0.2) is 64.5 Å². The highest BCUT2D eigenvalue weighted by molar-refractivity contribution is 6.01. The van der Waals surface area contributed by atoms with Crippen molar-refractivity contribution < 1.29 is 9.18 Å². The van der Waals surface area contributed by atoms with E-state index >= 15 is 0 Å². The summed E-state index contributed by atoms with van der Waals surface area (Å²) in [7, 11) is 0. The van der Waals surface area contributed by atoms with Gasteiger partial charge in [-0.3, -0.25) is 14.7 Å². The molecule has 3 rings (SSSR count). The van der Waals surface area contributed by atoms with Gasteiger partial charge in [0.1, 0.15) is 5.82 Å². The Morgan fingerprint density at radius 2 is 1.77 bits per heavy atom. The molecule has 3 aromatic rings. The van der Waals surface area contributed by atoms with Crippen LogP contribution in [-0.4, -0.2) is 21.4 Å². The van der Waals surface area contributed by atoms with Crippen LogP contribution in [0.5, 0.6) is 0 Å². The molecule has 26 heavy (non-hydrogen) atoms. The highest BCUT2D eigenvalue weighted by atomic mass is 19.1. The number of aryl methyl sites for hydroxylation is 1. The number of hydrazone groups is 1. The molecule has 0 aliphatic rings. The highest BCUT2D eigenvalue weighted by Crippen LogP contribution is 2.09. The lowest BCUT2D eigenvalue weighted by molar-refractivity contribution is 0.0951. The Morgan fingerprint density at radius 1 is 1.12 bits per heavy atom. The second-order valence-corrected chi connectivity index (χ2v) is 5.71. The van der Waals surface area contributed by atoms with Gasteiger partial charge < -0.3 is 0 Å². The first kappa shape index (κ1) is 17.3. The third-order valence-electron chi connectivity index (χ3n) is 3.89. The Labute approximate surface area is 149 Å². The van der Waals surface area contributed by atoms with Crippen molar-refractivity contribution in [1.29, 1.82) is 0 Å². The summed E-state index contributed by atoms with van der Waals surface area (Å²) in [5.41, 5.74) is 3.87. The second kappa shape index (κ2) is 7.18. The van der Waals surface area contributed by atoms with E-state index in [1.807, 2.05) is 18.2 Å². The molecule has 1 aromatic heterocycles. The van der Waals surface area contributed by atoms with Gasteiger partial charge in [-0.2, -0.15) is 5.10 Å². The van der Waals surface area contributed by atoms with E-state index in [2.05, 4.69) is 15.6 Å². The average molecular weight is 352 g/mol. The fourth-order valence-corrected chi connectivity index (χ4v) is 2.63. The first-order chi connectivity index (χ1) is 12.5. The van der Waals surface area contributed by atoms with E-state index in [9.17, 15) is 14.0 Å². The third-order valence-corrected chi connectivity index (χ3v) is 3.89. The summed E-state index contributed by atoms with van der Waals surface area (Å²) in [6.07, 6.45) is 0. The number of nitrogens with one attached hydrogen (secondary N) is 2. The molecule has 1 amide bonds. The van der Waals surface area contributed by atoms with Crippen molar-refractivity contribution in [2.45, 2.75) is 13.8 Å². The van der Waals surface area contributed by atoms with E-state index in [1.54, 1.807) is 32.0 Å². The number of carbonyl (C=O) groups excluding carboxylic acids is 1. The maximum atomic E-state index is 13.6. The first-order valence-electron chi connectivity index (χ1n) is 7.95. The van der Waals surface area contributed by atoms with Crippen LogP contribution >= 0.6 is 0 Å². The lowest BCUT2D eigenvalue weighted by atomic mass is 10.2. The van der Waals surface area contributed by atoms with Gasteiger partial charge in [-0.05, 0) is 38.1 Å². The van der Waals surface area contributed by atoms with Gasteiger partial charge in [0.15, 0.2) is 0 Å². The molecular weight excluding hydrogens is 335 g/mol. The van der Waals surface area contributed by atoms with E-state index < -0.39 is 11.7 Å². The van der Waals surface area contributed by atoms with E-state index in [1.165, 1.54) is 22.9 Å². The van der Waals surface area contributed by atoms with Crippen molar-refractivity contribution in [3.05, 3.63) is 87.6 Å². The van der Waals surface area contributed by atoms with Gasteiger partial charge >= 0.3 is 0 Å². The number of aromatic amines is 1. The van der Waals surface area contributed by atoms with Gasteiger partial charge in [0, 0.05) is 5.69 Å². The third kappa shape index (κ3) is 3.32. The highest BCUT2D eigenvalue weighted by Gasteiger charge is 2.16. The Bertz CT molecular complexity index is 1040. The van der Waals surface area contributed by atoms with Crippen molar-refractivity contribution in [2.75, 3.05) is 0 Å². The average Bonchev–Trinajstić information content (AvgIpc) is 2.95. The van der Waals surface area contributed by atoms with Crippen LogP contribution in [0.4, 0.5) is 4.39 Å². The topological polar surface area (TPSA) is 79.2 Å². The quantitative estimate of drug-likeness (QED) is 0.559. The lowest BCUT2D eigenvalue weighted by Crippen LogP contribution is -2.24. The number of nitrogens with zero attached hydrogens (tertiary/aromatic N) is 2. The molecule has 0 atom stereocenters. The molecule has 0 fully saturated rings. The van der Waals surface area contributed by atoms with Gasteiger partial charge in [0.05, 0.1) is 22.5 Å². The van der Waals surface area contributed by atoms with Crippen LogP contribution in [0.25, 0.3) is 5.69 Å². The minimum atomic E-state index is -0.681. The van der Waals surface area contributed by atoms with Gasteiger partial charge in [-0.15, -0.1) is 0 Å². The van der Waals surface area contributed by atoms with Crippen molar-refractivity contribution in [1.82, 2.24) is 15.2 Å². The number of hydrogen-bond acceptors (Lipinski definition) is 3. The van der Waals surface area contributed by atoms with Crippen molar-refractivity contribution in [2.24, 2.45) is 5.10 Å². The molecule has 0 aliphatic carbocycles. The molecule has 7 heteroatoms. The number of hydrogen-bond donors (Lipinski definition) is 2. The summed E-state index contributed by atoms with van der Waals surface area (Å²) in [6, 6.07) is 14.7. The van der Waals surface area contributed by atoms with Gasteiger partial charge in [-0.1, -0.05) is 30.3 Å². The number of amides is 1. The van der Waals surface area contributed by atoms with Crippen molar-refractivity contribution >= 4 is 11.6 Å². The maximum Gasteiger partial charge on any atom is 0.280 e. The molecule has 6 nitrogen and oxygen atoms in total. The van der Waals surface area contributed by atoms with Gasteiger partial charge in [0.25, 0.3) is 11.5 Å². The standard InChI is InChI=1S/C19H17FN4O2/c1-12(21-22-18(25)15-10-6-7-11-16(15)20)17-13(2)23-24(19(17)26)14-8-4-3-5-9-14/h3-11,23H,1-2H3,(H,22,25)/b21-12-. The van der Waals surface area contributed by atoms with Crippen LogP contribution in [-0.2, 0) is 0 Å². The molecule has 0 saturated heterocycles. The normalized spacial score (nSPS) is 11.4. The number of para-hydroxylation sites is 1. The second-order valence-electron chi connectivity index (χ2n) is 5.71. The minimum Gasteiger partial charge on any atom is -0.295 e. The number of H-pyrrole nitrogens is 1. The fourth-order valence-electron chi connectivity index (χ4n) is 2.63. The summed E-state index contributed by atoms with van der Waals surface area (Å²) in [6.45, 7) is 3.35. The fraction of sp³-hybridized carbons (Fsp3) is 0.105. The molecule has 1 heterocycles. The predicted octanol–water partition coefficient (Wildman–Crippen LogP) is 2.77. The lowest BCUT2D eigenvalue weighted by Gasteiger charge is -2.02. The molecule has 2 aromatic carbocycles. The number of rotatable bonds is 4. The summed E-state index contributed by atoms with van der Waals surface area (Å²) in [4.78, 5) is 24.7. The van der Waals surface area contributed by atoms with E-state index in [0.717, 1.165) is 0 Å². The largest absolute Gasteiger partial charge is 0.295 e. The Morgan fingerprint density at radius 3 is 2.46 bits per heavy atom. The molecule has 0 aliphatic heterocycles. The molecular formula is C19H17FN4O2. The molecule has 0 radical (unpaired) electrons. The number of carbonyl (C=O) groups is 1. The molecule has 132 valence electrons. The van der Waals surface area contributed by atoms with Gasteiger partial charge in [-0.25, -0.2) is 14.5 Å². The van der Waals surface area contributed by atoms with Gasteiger partial charge in [0.2, 0.25) is 0 Å². The predicted molar refractivity (Wildman–Crippen MR) is 97.2 cm³/mol. The summed E-state index contributed by atoms with van der Waals surface area (Å²) in [5, 5.41) is 6.95. The number of benzene rings is 2. The summed E-state index contributed by atoms with van der Waals surface area (Å²) >= 11 is 0. The molecule has 2 N–H and O–H groups in total. The minimum absolute atomic E-state index is 0.114. The number of aromatic nitrogens is 2. The molecule has 0 unspecified atom stereocenters. The molecule has 0 spiro atoms. The Balaban J connectivity index is 1.89. The van der Waals surface area contributed by atoms with Crippen LogP contribution in [0, 0.1) is 12.7 Å². The van der Waals surface area contributed by atoms with Crippen LogP contribution in [0.1, 0.15) is 28.5 Å². The zero-order valence-corrected chi connectivity index (χ0v) is 14.3. The zero-order chi connectivity index (χ0) is 18.7. The SMILES string of the molecule is C/C(=N/NC(=O)c1ccccc1F)c1c(C)[nH]n(-c2ccccc2)c1=O. The van der Waals surface area contributed by atoms with Crippen LogP contribution < -0.4 is 11.0 Å². The van der Waals surface area contributed by atoms with Crippen LogP contribution in [0.2, 0.25) is 0 Å². The van der Waals surface area contributed by atoms with Crippen LogP contribution in [0.3, 0.4) is 0 Å². The van der Waals surface area contributed by atoms with Crippen molar-refractivity contribution in [3.8, 4) is 5.69 Å². The van der Waals surface area contributed by atoms with E-state index in [-0.39, 0.29) is 11.1 Å². The first-order valence-corrected chi connectivity index (χ1v) is 7.95. The Kier molecular flexibility index (Phi) is 4.79. The maximum absolute atomic E-state index is 13.6. The molecule has 0 bridgehead atoms. The molecule has 0 saturated carbocycles. The monoisotopic (exact) mass is 352 g/mol. The summed E-state index contributed by atoms with van der Waals surface area (Å²) < 4.78 is 15.0. The van der Waals surface area contributed by atoms with Crippen molar-refractivity contribution in [3.63, 3.8) is 0 Å². The zero-order valence-electron chi connectivity index (χ0n) is 14.3. The Hall–Kier alpha value is -3.48. The van der Waals surface area contributed by atoms with E-state index in [0.29, 0.717) is 22.7 Å². The summed E-state index contributed by atoms with van der Waals surface area (Å²) in [5.74, 6) is -1.32. The van der Waals surface area contributed by atoms with E-state index in [4.69, 9.17) is 0 Å².